The number of esters is 1. The quantitative estimate of drug-likeness (QED) is 0.542. The van der Waals surface area contributed by atoms with Gasteiger partial charge in [0.25, 0.3) is 0 Å². The minimum atomic E-state index is -1.30. The van der Waals surface area contributed by atoms with Gasteiger partial charge in [-0.1, -0.05) is 6.58 Å². The van der Waals surface area contributed by atoms with Crippen molar-refractivity contribution in [1.29, 1.82) is 0 Å². The van der Waals surface area contributed by atoms with E-state index in [1.54, 1.807) is 6.92 Å². The van der Waals surface area contributed by atoms with Crippen LogP contribution < -0.4 is 0 Å². The zero-order chi connectivity index (χ0) is 14.7. The molecule has 3 rings (SSSR count). The molecule has 1 saturated heterocycles. The lowest BCUT2D eigenvalue weighted by Crippen LogP contribution is -2.57. The van der Waals surface area contributed by atoms with Crippen LogP contribution in [-0.2, 0) is 14.3 Å². The zero-order valence-electron chi connectivity index (χ0n) is 11.6. The number of carbonyl (C=O) groups excluding carboxylic acids is 2. The number of carbonyl (C=O) groups is 2. The highest BCUT2D eigenvalue weighted by atomic mass is 16.6. The summed E-state index contributed by atoms with van der Waals surface area (Å²) >= 11 is 0. The minimum Gasteiger partial charge on any atom is -0.457 e. The van der Waals surface area contributed by atoms with Crippen molar-refractivity contribution in [2.75, 3.05) is 6.61 Å². The molecule has 5 atom stereocenters. The average Bonchev–Trinajstić information content (AvgIpc) is 2.80. The van der Waals surface area contributed by atoms with E-state index >= 15 is 0 Å². The van der Waals surface area contributed by atoms with Gasteiger partial charge in [0.2, 0.25) is 0 Å². The summed E-state index contributed by atoms with van der Waals surface area (Å²) in [6.45, 7) is 5.29. The smallest absolute Gasteiger partial charge is 0.334 e. The topological polar surface area (TPSA) is 83.8 Å². The third-order valence-corrected chi connectivity index (χ3v) is 5.81. The first kappa shape index (κ1) is 13.8. The molecule has 2 saturated carbocycles. The Labute approximate surface area is 117 Å². The molecule has 0 aromatic heterocycles. The fourth-order valence-electron chi connectivity index (χ4n) is 4.41. The van der Waals surface area contributed by atoms with Crippen LogP contribution in [0.15, 0.2) is 12.2 Å². The predicted octanol–water partition coefficient (Wildman–Crippen LogP) is 0.587. The molecule has 110 valence electrons. The molecule has 1 aliphatic heterocycles. The fourth-order valence-corrected chi connectivity index (χ4v) is 4.41. The van der Waals surface area contributed by atoms with Gasteiger partial charge in [-0.3, -0.25) is 4.79 Å². The molecule has 0 aromatic carbocycles. The van der Waals surface area contributed by atoms with E-state index in [9.17, 15) is 19.8 Å². The van der Waals surface area contributed by atoms with Crippen molar-refractivity contribution in [3.63, 3.8) is 0 Å². The first-order valence-corrected chi connectivity index (χ1v) is 7.12. The number of ketones is 1. The summed E-state index contributed by atoms with van der Waals surface area (Å²) in [7, 11) is 0. The number of hydrogen-bond donors (Lipinski definition) is 2. The predicted molar refractivity (Wildman–Crippen MR) is 69.6 cm³/mol. The van der Waals surface area contributed by atoms with Gasteiger partial charge in [0.05, 0.1) is 11.0 Å². The van der Waals surface area contributed by atoms with Crippen LogP contribution in [0.5, 0.6) is 0 Å². The highest BCUT2D eigenvalue weighted by molar-refractivity contribution is 5.94. The third kappa shape index (κ3) is 1.40. The summed E-state index contributed by atoms with van der Waals surface area (Å²) in [4.78, 5) is 24.2. The van der Waals surface area contributed by atoms with E-state index in [1.807, 2.05) is 0 Å². The van der Waals surface area contributed by atoms with Crippen LogP contribution in [0.25, 0.3) is 0 Å². The van der Waals surface area contributed by atoms with Gasteiger partial charge in [-0.15, -0.1) is 0 Å². The molecule has 20 heavy (non-hydrogen) atoms. The van der Waals surface area contributed by atoms with E-state index in [0.717, 1.165) is 0 Å². The van der Waals surface area contributed by atoms with Crippen LogP contribution in [0.4, 0.5) is 0 Å². The molecule has 5 heteroatoms. The van der Waals surface area contributed by atoms with Crippen molar-refractivity contribution in [1.82, 2.24) is 0 Å². The second-order valence-electron chi connectivity index (χ2n) is 6.46. The normalized spacial score (nSPS) is 47.8. The number of aliphatic hydroxyl groups is 2. The molecule has 0 spiro atoms. The molecule has 0 aromatic rings. The SMILES string of the molecule is C=C1C(=O)O[C@@H]2[C@H]1CC[C@H](CO)[C@]1(O)CCC(=O)[C@@]21C. The Kier molecular flexibility index (Phi) is 2.86. The largest absolute Gasteiger partial charge is 0.457 e. The van der Waals surface area contributed by atoms with Crippen LogP contribution in [0, 0.1) is 17.3 Å². The molecule has 0 unspecified atom stereocenters. The fraction of sp³-hybridized carbons (Fsp3) is 0.733. The lowest BCUT2D eigenvalue weighted by atomic mass is 9.65. The van der Waals surface area contributed by atoms with Gasteiger partial charge in [-0.25, -0.2) is 4.79 Å². The van der Waals surface area contributed by atoms with Crippen molar-refractivity contribution in [2.24, 2.45) is 17.3 Å². The van der Waals surface area contributed by atoms with Gasteiger partial charge >= 0.3 is 5.97 Å². The van der Waals surface area contributed by atoms with Crippen LogP contribution in [0.3, 0.4) is 0 Å². The van der Waals surface area contributed by atoms with E-state index in [4.69, 9.17) is 4.74 Å². The molecular formula is C15H20O5. The van der Waals surface area contributed by atoms with E-state index in [0.29, 0.717) is 24.8 Å². The van der Waals surface area contributed by atoms with Gasteiger partial charge in [-0.05, 0) is 26.2 Å². The van der Waals surface area contributed by atoms with Crippen molar-refractivity contribution in [3.8, 4) is 0 Å². The van der Waals surface area contributed by atoms with Gasteiger partial charge in [-0.2, -0.15) is 0 Å². The molecule has 2 N–H and O–H groups in total. The van der Waals surface area contributed by atoms with Gasteiger partial charge < -0.3 is 14.9 Å². The minimum absolute atomic E-state index is 0.0853. The number of aliphatic hydroxyl groups excluding tert-OH is 1. The number of Topliss-reactive ketones (excluding diaryl/α,β-unsaturated/α-hetero) is 1. The summed E-state index contributed by atoms with van der Waals surface area (Å²) in [5.74, 6) is -1.16. The second kappa shape index (κ2) is 4.15. The standard InChI is InChI=1S/C15H20O5/c1-8-10-4-3-9(7-16)15(19)6-5-11(17)14(15,2)12(10)20-13(8)18/h9-10,12,16,19H,1,3-7H2,2H3/t9-,10+,12-,14+,15-/m1/s1. The van der Waals surface area contributed by atoms with E-state index in [-0.39, 0.29) is 30.6 Å². The summed E-state index contributed by atoms with van der Waals surface area (Å²) in [5, 5.41) is 20.7. The number of fused-ring (bicyclic) bond motifs is 3. The highest BCUT2D eigenvalue weighted by Gasteiger charge is 2.68. The van der Waals surface area contributed by atoms with Crippen LogP contribution in [0.2, 0.25) is 0 Å². The van der Waals surface area contributed by atoms with Crippen molar-refractivity contribution < 1.29 is 24.5 Å². The Bertz CT molecular complexity index is 498. The highest BCUT2D eigenvalue weighted by Crippen LogP contribution is 2.58. The molecule has 0 radical (unpaired) electrons. The van der Waals surface area contributed by atoms with Crippen LogP contribution >= 0.6 is 0 Å². The Hall–Kier alpha value is -1.20. The van der Waals surface area contributed by atoms with Crippen molar-refractivity contribution >= 4 is 11.8 Å². The summed E-state index contributed by atoms with van der Waals surface area (Å²) in [5.41, 5.74) is -2.06. The molecule has 1 heterocycles. The maximum Gasteiger partial charge on any atom is 0.334 e. The number of hydrogen-bond acceptors (Lipinski definition) is 5. The molecule has 0 amide bonds. The maximum atomic E-state index is 12.4. The Morgan fingerprint density at radius 3 is 2.75 bits per heavy atom. The van der Waals surface area contributed by atoms with Crippen molar-refractivity contribution in [3.05, 3.63) is 12.2 Å². The Morgan fingerprint density at radius 1 is 1.40 bits per heavy atom. The molecule has 5 nitrogen and oxygen atoms in total. The Balaban J connectivity index is 2.13. The molecule has 0 bridgehead atoms. The second-order valence-corrected chi connectivity index (χ2v) is 6.46. The monoisotopic (exact) mass is 280 g/mol. The van der Waals surface area contributed by atoms with Crippen LogP contribution in [0.1, 0.15) is 32.6 Å². The lowest BCUT2D eigenvalue weighted by molar-refractivity contribution is -0.174. The van der Waals surface area contributed by atoms with Crippen molar-refractivity contribution in [2.45, 2.75) is 44.3 Å². The first-order chi connectivity index (χ1) is 9.36. The first-order valence-electron chi connectivity index (χ1n) is 7.12. The Morgan fingerprint density at radius 2 is 2.10 bits per heavy atom. The molecular weight excluding hydrogens is 260 g/mol. The lowest BCUT2D eigenvalue weighted by Gasteiger charge is -2.44. The number of rotatable bonds is 1. The van der Waals surface area contributed by atoms with Gasteiger partial charge in [0.15, 0.2) is 0 Å². The molecule has 3 fully saturated rings. The molecule has 2 aliphatic carbocycles. The summed E-state index contributed by atoms with van der Waals surface area (Å²) in [6.07, 6.45) is 1.09. The van der Waals surface area contributed by atoms with Gasteiger partial charge in [0.1, 0.15) is 11.9 Å². The zero-order valence-corrected chi connectivity index (χ0v) is 11.6. The average molecular weight is 280 g/mol. The number of ether oxygens (including phenoxy) is 1. The van der Waals surface area contributed by atoms with Crippen LogP contribution in [-0.4, -0.2) is 40.3 Å². The van der Waals surface area contributed by atoms with Gasteiger partial charge in [0, 0.05) is 30.4 Å². The summed E-state index contributed by atoms with van der Waals surface area (Å²) in [6, 6.07) is 0. The molecule has 3 aliphatic rings. The van der Waals surface area contributed by atoms with E-state index < -0.39 is 23.1 Å². The summed E-state index contributed by atoms with van der Waals surface area (Å²) < 4.78 is 5.40. The van der Waals surface area contributed by atoms with E-state index in [1.165, 1.54) is 0 Å². The van der Waals surface area contributed by atoms with E-state index in [2.05, 4.69) is 6.58 Å². The third-order valence-electron chi connectivity index (χ3n) is 5.81. The maximum absolute atomic E-state index is 12.4.